The first kappa shape index (κ1) is 23.9. The highest BCUT2D eigenvalue weighted by Crippen LogP contribution is 2.76. The van der Waals surface area contributed by atoms with Crippen molar-refractivity contribution >= 4 is 5.97 Å². The molecule has 4 saturated carbocycles. The Balaban J connectivity index is 1.50. The molecule has 0 unspecified atom stereocenters. The van der Waals surface area contributed by atoms with Crippen LogP contribution in [0.15, 0.2) is 12.2 Å². The largest absolute Gasteiger partial charge is 0.462 e. The molecule has 4 fully saturated rings. The SMILES string of the molecule is CC(=O)O[C@H]1CC[C@]2(C)[C@H]3CC[C@@H]4[C@H]5[C@H](C)C=CC[C@]5(C)CC[C@@]4(C)[C@]3(C)CC[C@H]2C1(C)C. The summed E-state index contributed by atoms with van der Waals surface area (Å²) in [5, 5.41) is 0. The van der Waals surface area contributed by atoms with Crippen molar-refractivity contribution in [3.05, 3.63) is 12.2 Å². The number of hydrogen-bond donors (Lipinski definition) is 0. The molecular weight excluding hydrogens is 404 g/mol. The molecule has 2 heteroatoms. The zero-order valence-electron chi connectivity index (χ0n) is 22.8. The van der Waals surface area contributed by atoms with Crippen LogP contribution < -0.4 is 0 Å². The van der Waals surface area contributed by atoms with Gasteiger partial charge in [-0.25, -0.2) is 0 Å². The monoisotopic (exact) mass is 454 g/mol. The van der Waals surface area contributed by atoms with Crippen molar-refractivity contribution in [1.29, 1.82) is 0 Å². The van der Waals surface area contributed by atoms with Gasteiger partial charge in [-0.3, -0.25) is 4.79 Å². The van der Waals surface area contributed by atoms with Crippen molar-refractivity contribution in [3.63, 3.8) is 0 Å². The molecule has 0 aliphatic heterocycles. The minimum atomic E-state index is -0.105. The minimum absolute atomic E-state index is 0.0611. The Labute approximate surface area is 203 Å². The van der Waals surface area contributed by atoms with Gasteiger partial charge in [-0.2, -0.15) is 0 Å². The van der Waals surface area contributed by atoms with E-state index in [4.69, 9.17) is 4.74 Å². The molecule has 186 valence electrons. The fourth-order valence-electron chi connectivity index (χ4n) is 11.5. The predicted molar refractivity (Wildman–Crippen MR) is 136 cm³/mol. The summed E-state index contributed by atoms with van der Waals surface area (Å²) in [6.45, 7) is 19.6. The van der Waals surface area contributed by atoms with Gasteiger partial charge in [0.2, 0.25) is 0 Å². The van der Waals surface area contributed by atoms with Crippen molar-refractivity contribution in [1.82, 2.24) is 0 Å². The second-order valence-electron chi connectivity index (χ2n) is 14.8. The highest BCUT2D eigenvalue weighted by atomic mass is 16.5. The molecule has 0 N–H and O–H groups in total. The number of carbonyl (C=O) groups is 1. The van der Waals surface area contributed by atoms with Gasteiger partial charge in [0.25, 0.3) is 0 Å². The van der Waals surface area contributed by atoms with Gasteiger partial charge in [0.05, 0.1) is 0 Å². The van der Waals surface area contributed by atoms with E-state index in [1.54, 1.807) is 6.92 Å². The van der Waals surface area contributed by atoms with E-state index in [-0.39, 0.29) is 17.5 Å². The van der Waals surface area contributed by atoms with Crippen LogP contribution >= 0.6 is 0 Å². The first-order valence-corrected chi connectivity index (χ1v) is 14.1. The van der Waals surface area contributed by atoms with Crippen LogP contribution in [0.2, 0.25) is 0 Å². The summed E-state index contributed by atoms with van der Waals surface area (Å²) in [5.41, 5.74) is 1.80. The van der Waals surface area contributed by atoms with Gasteiger partial charge < -0.3 is 4.74 Å². The van der Waals surface area contributed by atoms with E-state index in [2.05, 4.69) is 60.6 Å². The lowest BCUT2D eigenvalue weighted by Crippen LogP contribution is -2.67. The normalized spacial score (nSPS) is 54.9. The zero-order chi connectivity index (χ0) is 24.0. The van der Waals surface area contributed by atoms with Crippen LogP contribution in [0.25, 0.3) is 0 Å². The summed E-state index contributed by atoms with van der Waals surface area (Å²) in [6, 6.07) is 0. The lowest BCUT2D eigenvalue weighted by Gasteiger charge is -2.73. The molecule has 0 amide bonds. The lowest BCUT2D eigenvalue weighted by molar-refractivity contribution is -0.252. The van der Waals surface area contributed by atoms with Crippen LogP contribution in [0.3, 0.4) is 0 Å². The second-order valence-corrected chi connectivity index (χ2v) is 14.8. The smallest absolute Gasteiger partial charge is 0.302 e. The van der Waals surface area contributed by atoms with Gasteiger partial charge in [-0.15, -0.1) is 0 Å². The van der Waals surface area contributed by atoms with E-state index in [1.165, 1.54) is 51.4 Å². The van der Waals surface area contributed by atoms with E-state index in [9.17, 15) is 4.79 Å². The molecule has 0 aromatic rings. The predicted octanol–water partition coefficient (Wildman–Crippen LogP) is 8.21. The second kappa shape index (κ2) is 7.36. The maximum absolute atomic E-state index is 11.9. The van der Waals surface area contributed by atoms with Crippen molar-refractivity contribution in [3.8, 4) is 0 Å². The summed E-state index contributed by atoms with van der Waals surface area (Å²) < 4.78 is 5.90. The Bertz CT molecular complexity index is 842. The van der Waals surface area contributed by atoms with E-state index >= 15 is 0 Å². The average Bonchev–Trinajstić information content (AvgIpc) is 2.71. The number of esters is 1. The van der Waals surface area contributed by atoms with Gasteiger partial charge in [0, 0.05) is 12.3 Å². The first-order valence-electron chi connectivity index (χ1n) is 14.1. The summed E-state index contributed by atoms with van der Waals surface area (Å²) in [7, 11) is 0. The lowest BCUT2D eigenvalue weighted by atomic mass is 9.31. The zero-order valence-corrected chi connectivity index (χ0v) is 22.8. The topological polar surface area (TPSA) is 26.3 Å². The van der Waals surface area contributed by atoms with Crippen LogP contribution in [0.1, 0.15) is 113 Å². The quantitative estimate of drug-likeness (QED) is 0.295. The number of rotatable bonds is 1. The Morgan fingerprint density at radius 1 is 0.848 bits per heavy atom. The fourth-order valence-corrected chi connectivity index (χ4v) is 11.5. The Morgan fingerprint density at radius 2 is 1.58 bits per heavy atom. The maximum Gasteiger partial charge on any atom is 0.302 e. The molecule has 0 heterocycles. The molecule has 5 aliphatic carbocycles. The van der Waals surface area contributed by atoms with Crippen molar-refractivity contribution in [2.24, 2.45) is 56.7 Å². The molecule has 0 bridgehead atoms. The van der Waals surface area contributed by atoms with Crippen LogP contribution in [-0.4, -0.2) is 12.1 Å². The molecule has 5 rings (SSSR count). The van der Waals surface area contributed by atoms with Crippen molar-refractivity contribution in [2.45, 2.75) is 119 Å². The van der Waals surface area contributed by atoms with E-state index in [0.29, 0.717) is 27.6 Å². The van der Waals surface area contributed by atoms with E-state index in [0.717, 1.165) is 30.1 Å². The standard InChI is InChI=1S/C31H50O2/c1-20-10-9-15-28(5)18-19-30(7)22(26(20)28)11-12-24-29(6)16-14-25(33-21(2)32)27(3,4)23(29)13-17-31(24,30)8/h9-10,20,22-26H,11-19H2,1-8H3/t20-,22-,23+,24-,25+,26-,28-,29+,30-,31-/m1/s1. The van der Waals surface area contributed by atoms with Gasteiger partial charge in [-0.1, -0.05) is 60.6 Å². The van der Waals surface area contributed by atoms with Gasteiger partial charge in [0.1, 0.15) is 6.10 Å². The molecule has 0 aromatic heterocycles. The number of allylic oxidation sites excluding steroid dienone is 2. The highest BCUT2D eigenvalue weighted by molar-refractivity contribution is 5.66. The van der Waals surface area contributed by atoms with Crippen LogP contribution in [0.5, 0.6) is 0 Å². The number of carbonyl (C=O) groups excluding carboxylic acids is 1. The average molecular weight is 455 g/mol. The molecule has 2 nitrogen and oxygen atoms in total. The third kappa shape index (κ3) is 3.07. The van der Waals surface area contributed by atoms with E-state index in [1.807, 2.05) is 0 Å². The third-order valence-electron chi connectivity index (χ3n) is 13.2. The Hall–Kier alpha value is -0.790. The molecular formula is C31H50O2. The molecule has 33 heavy (non-hydrogen) atoms. The minimum Gasteiger partial charge on any atom is -0.462 e. The van der Waals surface area contributed by atoms with Gasteiger partial charge in [-0.05, 0) is 109 Å². The summed E-state index contributed by atoms with van der Waals surface area (Å²) in [6.07, 6.45) is 17.0. The molecule has 0 aromatic carbocycles. The number of hydrogen-bond acceptors (Lipinski definition) is 2. The Kier molecular flexibility index (Phi) is 5.34. The van der Waals surface area contributed by atoms with E-state index < -0.39 is 0 Å². The van der Waals surface area contributed by atoms with Gasteiger partial charge in [0.15, 0.2) is 0 Å². The van der Waals surface area contributed by atoms with Crippen LogP contribution in [-0.2, 0) is 9.53 Å². The van der Waals surface area contributed by atoms with Crippen LogP contribution in [0, 0.1) is 56.7 Å². The molecule has 10 atom stereocenters. The summed E-state index contributed by atoms with van der Waals surface area (Å²) in [5.74, 6) is 3.77. The maximum atomic E-state index is 11.9. The summed E-state index contributed by atoms with van der Waals surface area (Å²) in [4.78, 5) is 11.9. The molecule has 5 aliphatic rings. The molecule has 0 spiro atoms. The van der Waals surface area contributed by atoms with Crippen LogP contribution in [0.4, 0.5) is 0 Å². The molecule has 0 radical (unpaired) electrons. The Morgan fingerprint density at radius 3 is 2.27 bits per heavy atom. The molecule has 0 saturated heterocycles. The van der Waals surface area contributed by atoms with Crippen molar-refractivity contribution in [2.75, 3.05) is 0 Å². The third-order valence-corrected chi connectivity index (χ3v) is 13.2. The van der Waals surface area contributed by atoms with Gasteiger partial charge >= 0.3 is 5.97 Å². The van der Waals surface area contributed by atoms with Crippen molar-refractivity contribution < 1.29 is 9.53 Å². The number of fused-ring (bicyclic) bond motifs is 7. The fraction of sp³-hybridized carbons (Fsp3) is 0.903. The summed E-state index contributed by atoms with van der Waals surface area (Å²) >= 11 is 0. The first-order chi connectivity index (χ1) is 15.3. The number of ether oxygens (including phenoxy) is 1. The highest BCUT2D eigenvalue weighted by Gasteiger charge is 2.69.